The van der Waals surface area contributed by atoms with Gasteiger partial charge >= 0.3 is 0 Å². The van der Waals surface area contributed by atoms with E-state index in [0.717, 1.165) is 0 Å². The van der Waals surface area contributed by atoms with Gasteiger partial charge < -0.3 is 15.2 Å². The Hall–Kier alpha value is -0.540. The van der Waals surface area contributed by atoms with Crippen LogP contribution in [0.2, 0.25) is 0 Å². The molecule has 0 aliphatic carbocycles. The van der Waals surface area contributed by atoms with Gasteiger partial charge in [0.15, 0.2) is 11.5 Å². The highest BCUT2D eigenvalue weighted by atomic mass is 79.9. The quantitative estimate of drug-likeness (QED) is 0.743. The molecular formula is C11H16BrClN2O4S. The van der Waals surface area contributed by atoms with Gasteiger partial charge in [0.05, 0.1) is 0 Å². The van der Waals surface area contributed by atoms with Gasteiger partial charge in [-0.3, -0.25) is 0 Å². The molecule has 0 amide bonds. The van der Waals surface area contributed by atoms with Gasteiger partial charge in [-0.25, -0.2) is 13.1 Å². The van der Waals surface area contributed by atoms with Gasteiger partial charge in [0.25, 0.3) is 0 Å². The summed E-state index contributed by atoms with van der Waals surface area (Å²) in [6, 6.07) is 3.06. The first-order valence-corrected chi connectivity index (χ1v) is 8.11. The van der Waals surface area contributed by atoms with Crippen molar-refractivity contribution in [3.8, 4) is 11.5 Å². The number of hydrogen-bond donors (Lipinski definition) is 2. The third kappa shape index (κ3) is 3.98. The van der Waals surface area contributed by atoms with Crippen LogP contribution in [0.3, 0.4) is 0 Å². The van der Waals surface area contributed by atoms with E-state index in [2.05, 4.69) is 20.7 Å². The average molecular weight is 388 g/mol. The number of ether oxygens (including phenoxy) is 2. The van der Waals surface area contributed by atoms with Gasteiger partial charge in [-0.15, -0.1) is 12.4 Å². The van der Waals surface area contributed by atoms with Crippen LogP contribution in [-0.4, -0.2) is 34.7 Å². The molecule has 20 heavy (non-hydrogen) atoms. The van der Waals surface area contributed by atoms with Gasteiger partial charge in [-0.1, -0.05) is 0 Å². The minimum absolute atomic E-state index is 0. The zero-order valence-corrected chi connectivity index (χ0v) is 13.8. The van der Waals surface area contributed by atoms with E-state index in [9.17, 15) is 8.42 Å². The molecule has 2 rings (SSSR count). The Bertz CT molecular complexity index is 568. The highest BCUT2D eigenvalue weighted by molar-refractivity contribution is 9.10. The minimum atomic E-state index is -3.58. The molecule has 9 heteroatoms. The van der Waals surface area contributed by atoms with Crippen LogP contribution in [0.1, 0.15) is 6.42 Å². The highest BCUT2D eigenvalue weighted by Crippen LogP contribution is 2.37. The summed E-state index contributed by atoms with van der Waals surface area (Å²) in [6.07, 6.45) is 0.585. The molecule has 0 radical (unpaired) electrons. The number of halogens is 2. The van der Waals surface area contributed by atoms with Crippen LogP contribution >= 0.6 is 28.3 Å². The molecular weight excluding hydrogens is 372 g/mol. The maximum Gasteiger partial charge on any atom is 0.241 e. The molecule has 0 bridgehead atoms. The van der Waals surface area contributed by atoms with Crippen molar-refractivity contribution < 1.29 is 17.9 Å². The molecule has 0 saturated heterocycles. The molecule has 0 unspecified atom stereocenters. The number of nitrogens with one attached hydrogen (secondary N) is 1. The van der Waals surface area contributed by atoms with Crippen LogP contribution in [0.4, 0.5) is 0 Å². The summed E-state index contributed by atoms with van der Waals surface area (Å²) < 4.78 is 38.0. The lowest BCUT2D eigenvalue weighted by Gasteiger charge is -2.20. The monoisotopic (exact) mass is 386 g/mol. The fraction of sp³-hybridized carbons (Fsp3) is 0.455. The molecule has 1 aliphatic heterocycles. The van der Waals surface area contributed by atoms with Crippen LogP contribution in [0, 0.1) is 0 Å². The Morgan fingerprint density at radius 3 is 2.45 bits per heavy atom. The zero-order valence-electron chi connectivity index (χ0n) is 10.6. The lowest BCUT2D eigenvalue weighted by Crippen LogP contribution is -2.27. The molecule has 6 nitrogen and oxygen atoms in total. The summed E-state index contributed by atoms with van der Waals surface area (Å²) in [6.45, 7) is 1.61. The van der Waals surface area contributed by atoms with E-state index in [1.54, 1.807) is 6.07 Å². The first-order chi connectivity index (χ1) is 9.04. The molecule has 0 atom stereocenters. The van der Waals surface area contributed by atoms with Crippen LogP contribution in [0.15, 0.2) is 21.5 Å². The zero-order chi connectivity index (χ0) is 13.9. The van der Waals surface area contributed by atoms with Crippen LogP contribution in [0.25, 0.3) is 0 Å². The largest absolute Gasteiger partial charge is 0.486 e. The molecule has 1 aliphatic rings. The fourth-order valence-electron chi connectivity index (χ4n) is 1.64. The summed E-state index contributed by atoms with van der Waals surface area (Å²) in [5, 5.41) is 0. The van der Waals surface area contributed by atoms with Gasteiger partial charge in [0, 0.05) is 17.1 Å². The maximum atomic E-state index is 12.1. The molecule has 3 N–H and O–H groups in total. The van der Waals surface area contributed by atoms with Gasteiger partial charge in [0.2, 0.25) is 10.0 Å². The van der Waals surface area contributed by atoms with E-state index in [4.69, 9.17) is 15.2 Å². The van der Waals surface area contributed by atoms with E-state index in [-0.39, 0.29) is 17.3 Å². The molecule has 1 heterocycles. The molecule has 1 aromatic rings. The third-order valence-electron chi connectivity index (χ3n) is 2.56. The van der Waals surface area contributed by atoms with Crippen molar-refractivity contribution >= 4 is 38.4 Å². The average Bonchev–Trinajstić information content (AvgIpc) is 2.38. The van der Waals surface area contributed by atoms with Crippen LogP contribution < -0.4 is 19.9 Å². The normalized spacial score (nSPS) is 13.7. The number of hydrogen-bond acceptors (Lipinski definition) is 5. The third-order valence-corrected chi connectivity index (χ3v) is 4.98. The maximum absolute atomic E-state index is 12.1. The fourth-order valence-corrected chi connectivity index (χ4v) is 3.75. The molecule has 0 saturated carbocycles. The number of nitrogens with two attached hydrogens (primary N) is 1. The van der Waals surface area contributed by atoms with E-state index >= 15 is 0 Å². The van der Waals surface area contributed by atoms with E-state index < -0.39 is 10.0 Å². The Morgan fingerprint density at radius 1 is 1.25 bits per heavy atom. The number of fused-ring (bicyclic) bond motifs is 1. The standard InChI is InChI=1S/C11H15BrN2O4S.ClH/c12-8-6-9-10(18-5-4-17-9)7-11(8)19(15,16)14-3-1-2-13;/h6-7,14H,1-5,13H2;1H. The minimum Gasteiger partial charge on any atom is -0.486 e. The predicted molar refractivity (Wildman–Crippen MR) is 81.2 cm³/mol. The van der Waals surface area contributed by atoms with Gasteiger partial charge in [0.1, 0.15) is 18.1 Å². The molecule has 0 aromatic heterocycles. The second-order valence-electron chi connectivity index (χ2n) is 3.97. The number of rotatable bonds is 5. The van der Waals surface area contributed by atoms with Crippen molar-refractivity contribution in [2.75, 3.05) is 26.3 Å². The molecule has 0 fully saturated rings. The smallest absolute Gasteiger partial charge is 0.241 e. The molecule has 1 aromatic carbocycles. The van der Waals surface area contributed by atoms with Crippen molar-refractivity contribution in [1.29, 1.82) is 0 Å². The van der Waals surface area contributed by atoms with Crippen molar-refractivity contribution in [2.45, 2.75) is 11.3 Å². The molecule has 0 spiro atoms. The van der Waals surface area contributed by atoms with E-state index in [1.165, 1.54) is 6.07 Å². The predicted octanol–water partition coefficient (Wildman–Crippen LogP) is 1.27. The summed E-state index contributed by atoms with van der Waals surface area (Å²) >= 11 is 3.24. The summed E-state index contributed by atoms with van der Waals surface area (Å²) in [5.74, 6) is 0.979. The van der Waals surface area contributed by atoms with Crippen molar-refractivity contribution in [3.63, 3.8) is 0 Å². The Kier molecular flexibility index (Phi) is 6.53. The summed E-state index contributed by atoms with van der Waals surface area (Å²) in [4.78, 5) is 0.133. The van der Waals surface area contributed by atoms with E-state index in [1.807, 2.05) is 0 Å². The summed E-state index contributed by atoms with van der Waals surface area (Å²) in [5.41, 5.74) is 5.34. The second kappa shape index (κ2) is 7.46. The lowest BCUT2D eigenvalue weighted by molar-refractivity contribution is 0.171. The van der Waals surface area contributed by atoms with Crippen molar-refractivity contribution in [2.24, 2.45) is 5.73 Å². The first-order valence-electron chi connectivity index (χ1n) is 5.83. The van der Waals surface area contributed by atoms with Gasteiger partial charge in [-0.05, 0) is 35.0 Å². The van der Waals surface area contributed by atoms with Crippen molar-refractivity contribution in [3.05, 3.63) is 16.6 Å². The summed E-state index contributed by atoms with van der Waals surface area (Å²) in [7, 11) is -3.58. The van der Waals surface area contributed by atoms with Crippen molar-refractivity contribution in [1.82, 2.24) is 4.72 Å². The SMILES string of the molecule is Cl.NCCCNS(=O)(=O)c1cc2c(cc1Br)OCCO2. The highest BCUT2D eigenvalue weighted by Gasteiger charge is 2.22. The Labute approximate surface area is 132 Å². The topological polar surface area (TPSA) is 90.7 Å². The second-order valence-corrected chi connectivity index (χ2v) is 6.56. The van der Waals surface area contributed by atoms with Gasteiger partial charge in [-0.2, -0.15) is 0 Å². The lowest BCUT2D eigenvalue weighted by atomic mass is 10.3. The molecule has 114 valence electrons. The van der Waals surface area contributed by atoms with Crippen LogP contribution in [0.5, 0.6) is 11.5 Å². The first kappa shape index (κ1) is 17.5. The number of sulfonamides is 1. The van der Waals surface area contributed by atoms with E-state index in [0.29, 0.717) is 48.7 Å². The Morgan fingerprint density at radius 2 is 1.85 bits per heavy atom. The van der Waals surface area contributed by atoms with Crippen LogP contribution in [-0.2, 0) is 10.0 Å². The Balaban J connectivity index is 0.00000200. The number of benzene rings is 1.